The van der Waals surface area contributed by atoms with E-state index in [1.807, 2.05) is 12.1 Å². The normalized spacial score (nSPS) is 10.3. The van der Waals surface area contributed by atoms with Gasteiger partial charge in [0.05, 0.1) is 11.5 Å². The molecule has 7 heteroatoms. The Balaban J connectivity index is 1.98. The van der Waals surface area contributed by atoms with Gasteiger partial charge in [-0.2, -0.15) is 0 Å². The molecule has 0 spiro atoms. The number of anilines is 1. The number of aliphatic hydroxyl groups is 1. The molecule has 0 fully saturated rings. The van der Waals surface area contributed by atoms with E-state index in [9.17, 15) is 10.1 Å². The van der Waals surface area contributed by atoms with Crippen molar-refractivity contribution in [2.24, 2.45) is 0 Å². The lowest BCUT2D eigenvalue weighted by Crippen LogP contribution is -2.02. The number of benzene rings is 2. The van der Waals surface area contributed by atoms with Crippen molar-refractivity contribution in [3.8, 4) is 5.75 Å². The lowest BCUT2D eigenvalue weighted by atomic mass is 10.2. The van der Waals surface area contributed by atoms with E-state index in [4.69, 9.17) is 21.4 Å². The second kappa shape index (κ2) is 7.63. The molecular formula is C15H15ClN2O4. The van der Waals surface area contributed by atoms with Crippen molar-refractivity contribution < 1.29 is 14.8 Å². The number of halogens is 1. The predicted octanol–water partition coefficient (Wildman–Crippen LogP) is 3.23. The summed E-state index contributed by atoms with van der Waals surface area (Å²) in [4.78, 5) is 10.3. The molecule has 0 aliphatic heterocycles. The Morgan fingerprint density at radius 3 is 2.59 bits per heavy atom. The van der Waals surface area contributed by atoms with E-state index in [0.29, 0.717) is 12.3 Å². The van der Waals surface area contributed by atoms with Gasteiger partial charge in [0.2, 0.25) is 0 Å². The second-order valence-electron chi connectivity index (χ2n) is 4.49. The summed E-state index contributed by atoms with van der Waals surface area (Å²) in [5, 5.41) is 22.8. The highest BCUT2D eigenvalue weighted by atomic mass is 35.5. The number of hydrogen-bond acceptors (Lipinski definition) is 5. The highest BCUT2D eigenvalue weighted by molar-refractivity contribution is 6.32. The molecule has 2 aromatic rings. The smallest absolute Gasteiger partial charge is 0.288 e. The van der Waals surface area contributed by atoms with Crippen LogP contribution in [0, 0.1) is 10.1 Å². The van der Waals surface area contributed by atoms with Gasteiger partial charge in [0.15, 0.2) is 0 Å². The van der Waals surface area contributed by atoms with Crippen LogP contribution in [-0.2, 0) is 6.54 Å². The van der Waals surface area contributed by atoms with Crippen LogP contribution in [0.5, 0.6) is 5.75 Å². The summed E-state index contributed by atoms with van der Waals surface area (Å²) in [7, 11) is 0. The molecule has 0 saturated carbocycles. The van der Waals surface area contributed by atoms with E-state index in [0.717, 1.165) is 11.3 Å². The quantitative estimate of drug-likeness (QED) is 0.604. The SMILES string of the molecule is O=[N+]([O-])c1cc(CNc2ccc(OCCO)cc2)ccc1Cl. The fraction of sp³-hybridized carbons (Fsp3) is 0.200. The summed E-state index contributed by atoms with van der Waals surface area (Å²) in [6.07, 6.45) is 0. The molecule has 0 saturated heterocycles. The molecule has 0 aromatic heterocycles. The van der Waals surface area contributed by atoms with Crippen LogP contribution in [0.3, 0.4) is 0 Å². The predicted molar refractivity (Wildman–Crippen MR) is 84.5 cm³/mol. The lowest BCUT2D eigenvalue weighted by molar-refractivity contribution is -0.384. The van der Waals surface area contributed by atoms with Gasteiger partial charge < -0.3 is 15.2 Å². The summed E-state index contributed by atoms with van der Waals surface area (Å²) >= 11 is 5.77. The number of ether oxygens (including phenoxy) is 1. The third kappa shape index (κ3) is 4.34. The highest BCUT2D eigenvalue weighted by Gasteiger charge is 2.12. The van der Waals surface area contributed by atoms with Crippen LogP contribution in [0.15, 0.2) is 42.5 Å². The summed E-state index contributed by atoms with van der Waals surface area (Å²) in [6, 6.07) is 11.9. The Kier molecular flexibility index (Phi) is 5.57. The zero-order chi connectivity index (χ0) is 15.9. The summed E-state index contributed by atoms with van der Waals surface area (Å²) < 4.78 is 5.26. The fourth-order valence-corrected chi connectivity index (χ4v) is 2.03. The summed E-state index contributed by atoms with van der Waals surface area (Å²) in [6.45, 7) is 0.658. The minimum absolute atomic E-state index is 0.0324. The van der Waals surface area contributed by atoms with Crippen LogP contribution in [0.25, 0.3) is 0 Å². The summed E-state index contributed by atoms with van der Waals surface area (Å²) in [5.74, 6) is 0.668. The van der Waals surface area contributed by atoms with E-state index in [1.165, 1.54) is 12.1 Å². The first kappa shape index (κ1) is 16.1. The number of nitrogens with zero attached hydrogens (tertiary/aromatic N) is 1. The molecule has 0 aliphatic rings. The molecule has 6 nitrogen and oxygen atoms in total. The van der Waals surface area contributed by atoms with E-state index >= 15 is 0 Å². The molecule has 2 rings (SSSR count). The van der Waals surface area contributed by atoms with E-state index in [1.54, 1.807) is 18.2 Å². The second-order valence-corrected chi connectivity index (χ2v) is 4.90. The maximum Gasteiger partial charge on any atom is 0.288 e. The van der Waals surface area contributed by atoms with Crippen LogP contribution in [-0.4, -0.2) is 23.2 Å². The maximum absolute atomic E-state index is 10.8. The Morgan fingerprint density at radius 2 is 1.95 bits per heavy atom. The van der Waals surface area contributed by atoms with Crippen molar-refractivity contribution in [3.63, 3.8) is 0 Å². The standard InChI is InChI=1S/C15H15ClN2O4/c16-14-6-1-11(9-15(14)18(20)21)10-17-12-2-4-13(5-3-12)22-8-7-19/h1-6,9,17,19H,7-8,10H2. The number of rotatable bonds is 7. The van der Waals surface area contributed by atoms with Gasteiger partial charge in [0.1, 0.15) is 17.4 Å². The first-order valence-corrected chi connectivity index (χ1v) is 6.98. The topological polar surface area (TPSA) is 84.6 Å². The number of hydrogen-bond donors (Lipinski definition) is 2. The molecule has 0 amide bonds. The van der Waals surface area contributed by atoms with Crippen LogP contribution in [0.4, 0.5) is 11.4 Å². The third-order valence-electron chi connectivity index (χ3n) is 2.92. The number of aliphatic hydroxyl groups excluding tert-OH is 1. The molecule has 116 valence electrons. The Morgan fingerprint density at radius 1 is 1.23 bits per heavy atom. The van der Waals surface area contributed by atoms with Crippen molar-refractivity contribution in [3.05, 3.63) is 63.2 Å². The minimum atomic E-state index is -0.501. The first-order valence-electron chi connectivity index (χ1n) is 6.60. The zero-order valence-electron chi connectivity index (χ0n) is 11.7. The van der Waals surface area contributed by atoms with Gasteiger partial charge in [-0.1, -0.05) is 17.7 Å². The molecule has 0 radical (unpaired) electrons. The van der Waals surface area contributed by atoms with Crippen molar-refractivity contribution in [2.45, 2.75) is 6.54 Å². The van der Waals surface area contributed by atoms with E-state index in [-0.39, 0.29) is 23.9 Å². The Hall–Kier alpha value is -2.31. The van der Waals surface area contributed by atoms with Gasteiger partial charge in [-0.15, -0.1) is 0 Å². The van der Waals surface area contributed by atoms with Crippen LogP contribution < -0.4 is 10.1 Å². The van der Waals surface area contributed by atoms with E-state index < -0.39 is 4.92 Å². The van der Waals surface area contributed by atoms with Gasteiger partial charge in [-0.3, -0.25) is 10.1 Å². The maximum atomic E-state index is 10.8. The molecule has 0 unspecified atom stereocenters. The monoisotopic (exact) mass is 322 g/mol. The van der Waals surface area contributed by atoms with Crippen molar-refractivity contribution >= 4 is 23.0 Å². The molecule has 2 N–H and O–H groups in total. The van der Waals surface area contributed by atoms with Gasteiger partial charge >= 0.3 is 0 Å². The number of nitrogens with one attached hydrogen (secondary N) is 1. The molecule has 2 aromatic carbocycles. The molecule has 0 bridgehead atoms. The van der Waals surface area contributed by atoms with Gasteiger partial charge in [0, 0.05) is 18.3 Å². The van der Waals surface area contributed by atoms with Crippen molar-refractivity contribution in [2.75, 3.05) is 18.5 Å². The molecule has 0 heterocycles. The summed E-state index contributed by atoms with van der Waals surface area (Å²) in [5.41, 5.74) is 1.51. The average molecular weight is 323 g/mol. The first-order chi connectivity index (χ1) is 10.6. The van der Waals surface area contributed by atoms with Crippen molar-refractivity contribution in [1.29, 1.82) is 0 Å². The number of nitro groups is 1. The fourth-order valence-electron chi connectivity index (χ4n) is 1.84. The zero-order valence-corrected chi connectivity index (χ0v) is 12.4. The highest BCUT2D eigenvalue weighted by Crippen LogP contribution is 2.25. The molecule has 22 heavy (non-hydrogen) atoms. The van der Waals surface area contributed by atoms with Crippen LogP contribution in [0.1, 0.15) is 5.56 Å². The van der Waals surface area contributed by atoms with Crippen LogP contribution >= 0.6 is 11.6 Å². The minimum Gasteiger partial charge on any atom is -0.491 e. The third-order valence-corrected chi connectivity index (χ3v) is 3.24. The van der Waals surface area contributed by atoms with Crippen molar-refractivity contribution in [1.82, 2.24) is 0 Å². The average Bonchev–Trinajstić information content (AvgIpc) is 2.53. The lowest BCUT2D eigenvalue weighted by Gasteiger charge is -2.09. The largest absolute Gasteiger partial charge is 0.491 e. The van der Waals surface area contributed by atoms with Gasteiger partial charge in [0.25, 0.3) is 5.69 Å². The van der Waals surface area contributed by atoms with Crippen LogP contribution in [0.2, 0.25) is 5.02 Å². The Labute approximate surface area is 132 Å². The molecule has 0 aliphatic carbocycles. The van der Waals surface area contributed by atoms with Gasteiger partial charge in [-0.05, 0) is 35.9 Å². The number of nitro benzene ring substituents is 1. The van der Waals surface area contributed by atoms with E-state index in [2.05, 4.69) is 5.32 Å². The van der Waals surface area contributed by atoms with Gasteiger partial charge in [-0.25, -0.2) is 0 Å². The molecule has 0 atom stereocenters. The molecular weight excluding hydrogens is 308 g/mol. The Bertz CT molecular complexity index is 646.